The van der Waals surface area contributed by atoms with Gasteiger partial charge in [0, 0.05) is 17.2 Å². The third-order valence-corrected chi connectivity index (χ3v) is 4.47. The second-order valence-electron chi connectivity index (χ2n) is 6.03. The molecule has 1 atom stereocenters. The van der Waals surface area contributed by atoms with Crippen LogP contribution in [-0.2, 0) is 33.3 Å². The predicted molar refractivity (Wildman–Crippen MR) is 71.2 cm³/mol. The van der Waals surface area contributed by atoms with E-state index < -0.39 is 35.2 Å². The number of rotatable bonds is 3. The van der Waals surface area contributed by atoms with Crippen molar-refractivity contribution in [3.8, 4) is 0 Å². The van der Waals surface area contributed by atoms with Gasteiger partial charge < -0.3 is 10.1 Å². The Morgan fingerprint density at radius 1 is 1.39 bits per heavy atom. The summed E-state index contributed by atoms with van der Waals surface area (Å²) in [6.45, 7) is 0. The number of methoxy groups -OCH3 is 1. The number of H-pyrrole nitrogens is 1. The average Bonchev–Trinajstić information content (AvgIpc) is 3.13. The molecule has 3 rings (SSSR count). The Balaban J connectivity index is 1.73. The fourth-order valence-corrected chi connectivity index (χ4v) is 2.99. The molecule has 1 amide bonds. The Labute approximate surface area is 129 Å². The number of carbonyl (C=O) groups excluding carboxylic acids is 2. The second-order valence-corrected chi connectivity index (χ2v) is 6.03. The topological polar surface area (TPSA) is 84.1 Å². The average molecular weight is 331 g/mol. The molecule has 0 spiro atoms. The van der Waals surface area contributed by atoms with Gasteiger partial charge in [-0.25, -0.2) is 4.79 Å². The number of amides is 1. The minimum atomic E-state index is -4.55. The maximum Gasteiger partial charge on any atom is 0.435 e. The summed E-state index contributed by atoms with van der Waals surface area (Å²) in [4.78, 5) is 24.0. The molecule has 6 nitrogen and oxygen atoms in total. The van der Waals surface area contributed by atoms with Gasteiger partial charge in [-0.3, -0.25) is 9.89 Å². The molecule has 1 saturated carbocycles. The number of ether oxygens (including phenoxy) is 1. The molecule has 1 aromatic rings. The van der Waals surface area contributed by atoms with Gasteiger partial charge in [-0.2, -0.15) is 18.3 Å². The quantitative estimate of drug-likeness (QED) is 0.819. The van der Waals surface area contributed by atoms with Gasteiger partial charge in [0.15, 0.2) is 5.69 Å². The number of aryl methyl sites for hydroxylation is 1. The molecule has 2 aliphatic carbocycles. The zero-order valence-corrected chi connectivity index (χ0v) is 12.4. The lowest BCUT2D eigenvalue weighted by Gasteiger charge is -2.24. The molecule has 2 N–H and O–H groups in total. The summed E-state index contributed by atoms with van der Waals surface area (Å²) in [5.74, 6) is -1.53. The summed E-state index contributed by atoms with van der Waals surface area (Å²) in [6, 6.07) is 0. The van der Waals surface area contributed by atoms with E-state index in [0.717, 1.165) is 0 Å². The zero-order valence-electron chi connectivity index (χ0n) is 12.4. The number of aromatic nitrogens is 2. The van der Waals surface area contributed by atoms with Gasteiger partial charge >= 0.3 is 12.1 Å². The van der Waals surface area contributed by atoms with Gasteiger partial charge in [-0.1, -0.05) is 0 Å². The van der Waals surface area contributed by atoms with E-state index in [-0.39, 0.29) is 12.0 Å². The van der Waals surface area contributed by atoms with E-state index in [9.17, 15) is 22.8 Å². The van der Waals surface area contributed by atoms with Crippen molar-refractivity contribution in [3.63, 3.8) is 0 Å². The highest BCUT2D eigenvalue weighted by molar-refractivity contribution is 5.91. The van der Waals surface area contributed by atoms with Crippen molar-refractivity contribution in [2.45, 2.75) is 43.8 Å². The first-order valence-electron chi connectivity index (χ1n) is 7.30. The maximum atomic E-state index is 12.9. The summed E-state index contributed by atoms with van der Waals surface area (Å²) >= 11 is 0. The number of halogens is 3. The van der Waals surface area contributed by atoms with Crippen LogP contribution in [0.15, 0.2) is 0 Å². The lowest BCUT2D eigenvalue weighted by Crippen LogP contribution is -2.47. The molecule has 0 unspecified atom stereocenters. The van der Waals surface area contributed by atoms with Crippen LogP contribution >= 0.6 is 0 Å². The summed E-state index contributed by atoms with van der Waals surface area (Å²) in [7, 11) is 1.24. The summed E-state index contributed by atoms with van der Waals surface area (Å²) in [5, 5.41) is 8.38. The molecular formula is C14H16F3N3O3. The Hall–Kier alpha value is -2.06. The van der Waals surface area contributed by atoms with Crippen LogP contribution in [0.5, 0.6) is 0 Å². The number of alkyl halides is 3. The van der Waals surface area contributed by atoms with Crippen LogP contribution in [-0.4, -0.2) is 34.7 Å². The van der Waals surface area contributed by atoms with Gasteiger partial charge in [0.25, 0.3) is 0 Å². The van der Waals surface area contributed by atoms with Crippen molar-refractivity contribution in [1.29, 1.82) is 0 Å². The predicted octanol–water partition coefficient (Wildman–Crippen LogP) is 1.36. The molecule has 126 valence electrons. The van der Waals surface area contributed by atoms with Gasteiger partial charge in [-0.15, -0.1) is 0 Å². The van der Waals surface area contributed by atoms with Crippen molar-refractivity contribution >= 4 is 11.9 Å². The minimum absolute atomic E-state index is 0.0379. The molecule has 0 bridgehead atoms. The summed E-state index contributed by atoms with van der Waals surface area (Å²) in [5.41, 5.74) is -1.48. The fraction of sp³-hybridized carbons (Fsp3) is 0.643. The van der Waals surface area contributed by atoms with Crippen LogP contribution in [0.2, 0.25) is 0 Å². The highest BCUT2D eigenvalue weighted by Gasteiger charge is 2.53. The normalized spacial score (nSPS) is 22.2. The van der Waals surface area contributed by atoms with Crippen molar-refractivity contribution < 1.29 is 27.5 Å². The van der Waals surface area contributed by atoms with Crippen LogP contribution in [0.3, 0.4) is 0 Å². The molecule has 1 heterocycles. The Kier molecular flexibility index (Phi) is 3.61. The zero-order chi connectivity index (χ0) is 16.8. The van der Waals surface area contributed by atoms with Crippen LogP contribution in [0, 0.1) is 5.92 Å². The van der Waals surface area contributed by atoms with E-state index in [1.807, 2.05) is 0 Å². The van der Waals surface area contributed by atoms with E-state index in [2.05, 4.69) is 20.3 Å². The summed E-state index contributed by atoms with van der Waals surface area (Å²) < 4.78 is 43.4. The second kappa shape index (κ2) is 5.24. The van der Waals surface area contributed by atoms with E-state index in [1.165, 1.54) is 7.11 Å². The van der Waals surface area contributed by atoms with E-state index in [4.69, 9.17) is 0 Å². The number of aromatic amines is 1. The van der Waals surface area contributed by atoms with Gasteiger partial charge in [0.1, 0.15) is 5.54 Å². The van der Waals surface area contributed by atoms with Crippen molar-refractivity contribution in [1.82, 2.24) is 15.5 Å². The number of fused-ring (bicyclic) bond motifs is 1. The molecule has 1 fully saturated rings. The number of esters is 1. The van der Waals surface area contributed by atoms with Crippen LogP contribution in [0.1, 0.15) is 36.2 Å². The number of nitrogens with one attached hydrogen (secondary N) is 2. The molecule has 2 aliphatic rings. The molecule has 0 radical (unpaired) electrons. The molecule has 23 heavy (non-hydrogen) atoms. The standard InChI is InChI=1S/C14H16F3N3O3/c1-23-12(22)13(4-5-13)18-11(21)7-2-3-9-8(6-7)10(20-19-9)14(15,16)17/h7H,2-6H2,1H3,(H,18,21)(H,19,20)/t7-/m1/s1. The Bertz CT molecular complexity index is 649. The Morgan fingerprint density at radius 2 is 2.09 bits per heavy atom. The lowest BCUT2D eigenvalue weighted by molar-refractivity contribution is -0.147. The maximum absolute atomic E-state index is 12.9. The first-order valence-corrected chi connectivity index (χ1v) is 7.30. The van der Waals surface area contributed by atoms with Crippen molar-refractivity contribution in [2.75, 3.05) is 7.11 Å². The van der Waals surface area contributed by atoms with Gasteiger partial charge in [0.05, 0.1) is 7.11 Å². The molecule has 0 aliphatic heterocycles. The molecular weight excluding hydrogens is 315 g/mol. The highest BCUT2D eigenvalue weighted by Crippen LogP contribution is 2.39. The molecule has 0 saturated heterocycles. The third kappa shape index (κ3) is 2.79. The number of hydrogen-bond donors (Lipinski definition) is 2. The Morgan fingerprint density at radius 3 is 2.65 bits per heavy atom. The smallest absolute Gasteiger partial charge is 0.435 e. The number of hydrogen-bond acceptors (Lipinski definition) is 4. The van der Waals surface area contributed by atoms with E-state index in [1.54, 1.807) is 0 Å². The van der Waals surface area contributed by atoms with Crippen molar-refractivity contribution in [3.05, 3.63) is 17.0 Å². The highest BCUT2D eigenvalue weighted by atomic mass is 19.4. The van der Waals surface area contributed by atoms with Crippen LogP contribution in [0.25, 0.3) is 0 Å². The summed E-state index contributed by atoms with van der Waals surface area (Å²) in [6.07, 6.45) is -2.88. The molecule has 9 heteroatoms. The molecule has 1 aromatic heterocycles. The van der Waals surface area contributed by atoms with Crippen molar-refractivity contribution in [2.24, 2.45) is 5.92 Å². The van der Waals surface area contributed by atoms with Gasteiger partial charge in [-0.05, 0) is 32.1 Å². The van der Waals surface area contributed by atoms with Crippen LogP contribution < -0.4 is 5.32 Å². The fourth-order valence-electron chi connectivity index (χ4n) is 2.99. The largest absolute Gasteiger partial charge is 0.467 e. The first-order chi connectivity index (χ1) is 10.8. The first kappa shape index (κ1) is 15.8. The lowest BCUT2D eigenvalue weighted by atomic mass is 9.85. The number of nitrogens with zero attached hydrogens (tertiary/aromatic N) is 1. The van der Waals surface area contributed by atoms with Gasteiger partial charge in [0.2, 0.25) is 5.91 Å². The molecule has 0 aromatic carbocycles. The van der Waals surface area contributed by atoms with E-state index >= 15 is 0 Å². The SMILES string of the molecule is COC(=O)C1(NC(=O)[C@@H]2CCc3[nH]nc(C(F)(F)F)c3C2)CC1. The van der Waals surface area contributed by atoms with Crippen LogP contribution in [0.4, 0.5) is 13.2 Å². The monoisotopic (exact) mass is 331 g/mol. The minimum Gasteiger partial charge on any atom is -0.467 e. The third-order valence-electron chi connectivity index (χ3n) is 4.47. The van der Waals surface area contributed by atoms with E-state index in [0.29, 0.717) is 31.4 Å². The number of carbonyl (C=O) groups is 2.